The van der Waals surface area contributed by atoms with Gasteiger partial charge in [-0.3, -0.25) is 4.79 Å². The number of rotatable bonds is 6. The Hall–Kier alpha value is -2.49. The molecule has 0 unspecified atom stereocenters. The molecule has 2 rings (SSSR count). The van der Waals surface area contributed by atoms with Crippen LogP contribution in [0, 0.1) is 0 Å². The third kappa shape index (κ3) is 4.52. The van der Waals surface area contributed by atoms with Crippen molar-refractivity contribution < 1.29 is 14.3 Å². The van der Waals surface area contributed by atoms with Crippen LogP contribution in [0.25, 0.3) is 0 Å². The molecule has 4 heteroatoms. The lowest BCUT2D eigenvalue weighted by molar-refractivity contribution is 0.0963. The molecule has 0 saturated heterocycles. The van der Waals surface area contributed by atoms with E-state index in [2.05, 4.69) is 5.32 Å². The zero-order valence-electron chi connectivity index (χ0n) is 13.1. The fourth-order valence-electron chi connectivity index (χ4n) is 1.99. The number of ether oxygens (including phenoxy) is 2. The van der Waals surface area contributed by atoms with Crippen LogP contribution in [-0.2, 0) is 6.61 Å². The predicted octanol–water partition coefficient (Wildman–Crippen LogP) is 3.41. The standard InChI is InChI=1S/C18H21NO3/c1-13(2)22-17-6-4-5-14(11-17)12-21-16-9-7-15(8-10-16)18(20)19-3/h4-11,13H,12H2,1-3H3,(H,19,20). The Morgan fingerprint density at radius 3 is 2.45 bits per heavy atom. The first-order chi connectivity index (χ1) is 10.6. The van der Waals surface area contributed by atoms with Crippen molar-refractivity contribution >= 4 is 5.91 Å². The molecule has 0 atom stereocenters. The van der Waals surface area contributed by atoms with Crippen molar-refractivity contribution in [1.29, 1.82) is 0 Å². The number of carbonyl (C=O) groups excluding carboxylic acids is 1. The molecule has 0 fully saturated rings. The molecule has 1 amide bonds. The van der Waals surface area contributed by atoms with E-state index in [1.54, 1.807) is 31.3 Å². The van der Waals surface area contributed by atoms with E-state index in [9.17, 15) is 4.79 Å². The molecule has 0 saturated carbocycles. The van der Waals surface area contributed by atoms with E-state index < -0.39 is 0 Å². The molecule has 2 aromatic carbocycles. The average molecular weight is 299 g/mol. The van der Waals surface area contributed by atoms with Crippen LogP contribution in [-0.4, -0.2) is 19.1 Å². The van der Waals surface area contributed by atoms with E-state index in [0.29, 0.717) is 12.2 Å². The predicted molar refractivity (Wildman–Crippen MR) is 86.4 cm³/mol. The van der Waals surface area contributed by atoms with Crippen LogP contribution in [0.5, 0.6) is 11.5 Å². The zero-order valence-corrected chi connectivity index (χ0v) is 13.1. The first-order valence-corrected chi connectivity index (χ1v) is 7.29. The summed E-state index contributed by atoms with van der Waals surface area (Å²) in [6, 6.07) is 14.9. The van der Waals surface area contributed by atoms with Crippen LogP contribution in [0.4, 0.5) is 0 Å². The van der Waals surface area contributed by atoms with Crippen LogP contribution in [0.15, 0.2) is 48.5 Å². The van der Waals surface area contributed by atoms with Crippen molar-refractivity contribution in [1.82, 2.24) is 5.32 Å². The van der Waals surface area contributed by atoms with Gasteiger partial charge in [-0.2, -0.15) is 0 Å². The van der Waals surface area contributed by atoms with Gasteiger partial charge in [-0.05, 0) is 55.8 Å². The average Bonchev–Trinajstić information content (AvgIpc) is 2.52. The smallest absolute Gasteiger partial charge is 0.251 e. The Balaban J connectivity index is 1.96. The second-order valence-electron chi connectivity index (χ2n) is 5.21. The van der Waals surface area contributed by atoms with Gasteiger partial charge in [-0.1, -0.05) is 12.1 Å². The second kappa shape index (κ2) is 7.50. The van der Waals surface area contributed by atoms with Crippen molar-refractivity contribution in [3.05, 3.63) is 59.7 Å². The lowest BCUT2D eigenvalue weighted by Gasteiger charge is -2.11. The third-order valence-corrected chi connectivity index (χ3v) is 3.02. The number of hydrogen-bond donors (Lipinski definition) is 1. The van der Waals surface area contributed by atoms with Gasteiger partial charge < -0.3 is 14.8 Å². The molecule has 1 N–H and O–H groups in total. The van der Waals surface area contributed by atoms with Gasteiger partial charge >= 0.3 is 0 Å². The largest absolute Gasteiger partial charge is 0.491 e. The van der Waals surface area contributed by atoms with Gasteiger partial charge in [0.05, 0.1) is 6.10 Å². The molecular weight excluding hydrogens is 278 g/mol. The number of carbonyl (C=O) groups is 1. The van der Waals surface area contributed by atoms with E-state index in [0.717, 1.165) is 17.1 Å². The first-order valence-electron chi connectivity index (χ1n) is 7.29. The number of benzene rings is 2. The summed E-state index contributed by atoms with van der Waals surface area (Å²) in [6.07, 6.45) is 0.147. The van der Waals surface area contributed by atoms with Crippen molar-refractivity contribution in [2.45, 2.75) is 26.6 Å². The molecule has 0 aromatic heterocycles. The highest BCUT2D eigenvalue weighted by Gasteiger charge is 2.04. The summed E-state index contributed by atoms with van der Waals surface area (Å²) >= 11 is 0. The topological polar surface area (TPSA) is 47.6 Å². The molecule has 0 spiro atoms. The van der Waals surface area contributed by atoms with Crippen LogP contribution >= 0.6 is 0 Å². The minimum Gasteiger partial charge on any atom is -0.491 e. The van der Waals surface area contributed by atoms with Crippen LogP contribution in [0.3, 0.4) is 0 Å². The summed E-state index contributed by atoms with van der Waals surface area (Å²) < 4.78 is 11.4. The Bertz CT molecular complexity index is 620. The SMILES string of the molecule is CNC(=O)c1ccc(OCc2cccc(OC(C)C)c2)cc1. The van der Waals surface area contributed by atoms with Gasteiger partial charge in [0.1, 0.15) is 18.1 Å². The second-order valence-corrected chi connectivity index (χ2v) is 5.21. The summed E-state index contributed by atoms with van der Waals surface area (Å²) in [6.45, 7) is 4.45. The van der Waals surface area contributed by atoms with Gasteiger partial charge in [-0.15, -0.1) is 0 Å². The highest BCUT2D eigenvalue weighted by Crippen LogP contribution is 2.18. The van der Waals surface area contributed by atoms with Crippen molar-refractivity contribution in [2.24, 2.45) is 0 Å². The van der Waals surface area contributed by atoms with E-state index in [1.807, 2.05) is 38.1 Å². The Morgan fingerprint density at radius 1 is 1.09 bits per heavy atom. The zero-order chi connectivity index (χ0) is 15.9. The van der Waals surface area contributed by atoms with Crippen LogP contribution in [0.2, 0.25) is 0 Å². The normalized spacial score (nSPS) is 10.4. The van der Waals surface area contributed by atoms with Gasteiger partial charge in [0.25, 0.3) is 5.91 Å². The summed E-state index contributed by atoms with van der Waals surface area (Å²) in [5.74, 6) is 1.46. The molecule has 0 aliphatic carbocycles. The summed E-state index contributed by atoms with van der Waals surface area (Å²) in [4.78, 5) is 11.5. The van der Waals surface area contributed by atoms with Gasteiger partial charge in [-0.25, -0.2) is 0 Å². The van der Waals surface area contributed by atoms with Gasteiger partial charge in [0.2, 0.25) is 0 Å². The fourth-order valence-corrected chi connectivity index (χ4v) is 1.99. The minimum atomic E-state index is -0.106. The fraction of sp³-hybridized carbons (Fsp3) is 0.278. The Labute approximate surface area is 131 Å². The molecule has 22 heavy (non-hydrogen) atoms. The lowest BCUT2D eigenvalue weighted by Crippen LogP contribution is -2.17. The minimum absolute atomic E-state index is 0.106. The van der Waals surface area contributed by atoms with Crippen LogP contribution < -0.4 is 14.8 Å². The van der Waals surface area contributed by atoms with Crippen molar-refractivity contribution in [3.8, 4) is 11.5 Å². The molecule has 0 aliphatic heterocycles. The lowest BCUT2D eigenvalue weighted by atomic mass is 10.2. The van der Waals surface area contributed by atoms with Crippen molar-refractivity contribution in [3.63, 3.8) is 0 Å². The number of hydrogen-bond acceptors (Lipinski definition) is 3. The molecular formula is C18H21NO3. The van der Waals surface area contributed by atoms with E-state index in [-0.39, 0.29) is 12.0 Å². The maximum Gasteiger partial charge on any atom is 0.251 e. The Morgan fingerprint density at radius 2 is 1.82 bits per heavy atom. The summed E-state index contributed by atoms with van der Waals surface area (Å²) in [7, 11) is 1.61. The molecule has 4 nitrogen and oxygen atoms in total. The Kier molecular flexibility index (Phi) is 5.42. The molecule has 0 bridgehead atoms. The summed E-state index contributed by atoms with van der Waals surface area (Å²) in [5, 5.41) is 2.59. The highest BCUT2D eigenvalue weighted by molar-refractivity contribution is 5.94. The molecule has 0 heterocycles. The van der Waals surface area contributed by atoms with Crippen LogP contribution in [0.1, 0.15) is 29.8 Å². The maximum absolute atomic E-state index is 11.5. The summed E-state index contributed by atoms with van der Waals surface area (Å²) in [5.41, 5.74) is 1.65. The van der Waals surface area contributed by atoms with Gasteiger partial charge in [0.15, 0.2) is 0 Å². The molecule has 2 aromatic rings. The number of nitrogens with one attached hydrogen (secondary N) is 1. The van der Waals surface area contributed by atoms with E-state index in [4.69, 9.17) is 9.47 Å². The van der Waals surface area contributed by atoms with Gasteiger partial charge in [0, 0.05) is 12.6 Å². The first kappa shape index (κ1) is 15.9. The molecule has 116 valence electrons. The van der Waals surface area contributed by atoms with E-state index in [1.165, 1.54) is 0 Å². The maximum atomic E-state index is 11.5. The highest BCUT2D eigenvalue weighted by atomic mass is 16.5. The third-order valence-electron chi connectivity index (χ3n) is 3.02. The number of amides is 1. The van der Waals surface area contributed by atoms with E-state index >= 15 is 0 Å². The quantitative estimate of drug-likeness (QED) is 0.889. The molecule has 0 radical (unpaired) electrons. The monoisotopic (exact) mass is 299 g/mol. The molecule has 0 aliphatic rings. The van der Waals surface area contributed by atoms with Crippen molar-refractivity contribution in [2.75, 3.05) is 7.05 Å².